The van der Waals surface area contributed by atoms with E-state index in [0.29, 0.717) is 10.8 Å². The van der Waals surface area contributed by atoms with Gasteiger partial charge in [-0.3, -0.25) is 0 Å². The molecule has 106 valence electrons. The van der Waals surface area contributed by atoms with Crippen LogP contribution in [0.4, 0.5) is 17.2 Å². The van der Waals surface area contributed by atoms with Gasteiger partial charge in [0, 0.05) is 16.8 Å². The van der Waals surface area contributed by atoms with Crippen molar-refractivity contribution < 1.29 is 4.74 Å². The molecule has 0 fully saturated rings. The van der Waals surface area contributed by atoms with Gasteiger partial charge in [-0.1, -0.05) is 11.6 Å². The van der Waals surface area contributed by atoms with Crippen LogP contribution in [-0.2, 0) is 0 Å². The van der Waals surface area contributed by atoms with Gasteiger partial charge < -0.3 is 15.8 Å². The van der Waals surface area contributed by atoms with E-state index < -0.39 is 0 Å². The Bertz CT molecular complexity index is 805. The number of nitrogens with zero attached hydrogens (tertiary/aromatic N) is 1. The van der Waals surface area contributed by atoms with Gasteiger partial charge in [0.05, 0.1) is 17.6 Å². The molecule has 21 heavy (non-hydrogen) atoms. The number of ether oxygens (including phenoxy) is 1. The topological polar surface area (TPSA) is 60.2 Å². The minimum Gasteiger partial charge on any atom is -0.495 e. The van der Waals surface area contributed by atoms with Gasteiger partial charge in [-0.15, -0.1) is 0 Å². The summed E-state index contributed by atoms with van der Waals surface area (Å²) in [5.41, 5.74) is 8.22. The van der Waals surface area contributed by atoms with E-state index in [1.54, 1.807) is 13.2 Å². The number of nitrogens with one attached hydrogen (secondary N) is 1. The summed E-state index contributed by atoms with van der Waals surface area (Å²) in [6.07, 6.45) is 0. The number of rotatable bonds is 3. The monoisotopic (exact) mass is 299 g/mol. The molecule has 0 bridgehead atoms. The second-order valence-corrected chi connectivity index (χ2v) is 5.03. The number of pyridine rings is 1. The Kier molecular flexibility index (Phi) is 3.54. The van der Waals surface area contributed by atoms with Crippen LogP contribution in [-0.4, -0.2) is 12.1 Å². The number of anilines is 3. The van der Waals surface area contributed by atoms with E-state index in [1.165, 1.54) is 0 Å². The van der Waals surface area contributed by atoms with Gasteiger partial charge in [-0.25, -0.2) is 4.98 Å². The highest BCUT2D eigenvalue weighted by Crippen LogP contribution is 2.29. The van der Waals surface area contributed by atoms with Crippen molar-refractivity contribution in [3.63, 3.8) is 0 Å². The molecule has 3 N–H and O–H groups in total. The van der Waals surface area contributed by atoms with Crippen LogP contribution in [0.1, 0.15) is 0 Å². The molecule has 0 atom stereocenters. The average molecular weight is 300 g/mol. The second kappa shape index (κ2) is 5.50. The Labute approximate surface area is 127 Å². The number of halogens is 1. The number of nitrogens with two attached hydrogens (primary N) is 1. The lowest BCUT2D eigenvalue weighted by Crippen LogP contribution is -1.95. The highest BCUT2D eigenvalue weighted by molar-refractivity contribution is 6.32. The number of aromatic nitrogens is 1. The summed E-state index contributed by atoms with van der Waals surface area (Å²) in [6.45, 7) is 0. The van der Waals surface area contributed by atoms with Crippen LogP contribution in [0.2, 0.25) is 5.02 Å². The van der Waals surface area contributed by atoms with E-state index in [9.17, 15) is 0 Å². The molecule has 1 aromatic heterocycles. The van der Waals surface area contributed by atoms with Gasteiger partial charge in [0.15, 0.2) is 0 Å². The minimum atomic E-state index is 0.552. The Morgan fingerprint density at radius 2 is 1.95 bits per heavy atom. The van der Waals surface area contributed by atoms with Gasteiger partial charge in [0.2, 0.25) is 0 Å². The van der Waals surface area contributed by atoms with Crippen LogP contribution >= 0.6 is 11.6 Å². The van der Waals surface area contributed by atoms with Crippen LogP contribution in [0.15, 0.2) is 48.5 Å². The van der Waals surface area contributed by atoms with Crippen molar-refractivity contribution in [2.75, 3.05) is 18.2 Å². The van der Waals surface area contributed by atoms with Gasteiger partial charge in [0.25, 0.3) is 0 Å². The highest BCUT2D eigenvalue weighted by atomic mass is 35.5. The molecule has 2 aromatic carbocycles. The quantitative estimate of drug-likeness (QED) is 0.711. The standard InChI is InChI=1S/C16H14ClN3O/c1-21-15-6-4-12(9-13(15)17)19-16-7-2-10-8-11(18)3-5-14(10)20-16/h2-9H,18H2,1H3,(H,19,20). The Morgan fingerprint density at radius 3 is 2.71 bits per heavy atom. The summed E-state index contributed by atoms with van der Waals surface area (Å²) in [7, 11) is 1.59. The Hall–Kier alpha value is -2.46. The molecule has 0 saturated carbocycles. The van der Waals surface area contributed by atoms with E-state index >= 15 is 0 Å². The van der Waals surface area contributed by atoms with Gasteiger partial charge in [-0.05, 0) is 48.5 Å². The fourth-order valence-electron chi connectivity index (χ4n) is 2.11. The molecule has 5 heteroatoms. The lowest BCUT2D eigenvalue weighted by Gasteiger charge is -2.09. The zero-order valence-electron chi connectivity index (χ0n) is 11.4. The molecule has 0 radical (unpaired) electrons. The first-order valence-corrected chi connectivity index (χ1v) is 6.80. The number of nitrogen functional groups attached to an aromatic ring is 1. The Morgan fingerprint density at radius 1 is 1.10 bits per heavy atom. The van der Waals surface area contributed by atoms with E-state index in [0.717, 1.165) is 28.1 Å². The van der Waals surface area contributed by atoms with Crippen molar-refractivity contribution in [2.24, 2.45) is 0 Å². The summed E-state index contributed by atoms with van der Waals surface area (Å²) in [4.78, 5) is 4.54. The zero-order valence-corrected chi connectivity index (χ0v) is 12.2. The second-order valence-electron chi connectivity index (χ2n) is 4.62. The predicted molar refractivity (Wildman–Crippen MR) is 87.4 cm³/mol. The molecule has 0 spiro atoms. The molecule has 4 nitrogen and oxygen atoms in total. The van der Waals surface area contributed by atoms with Crippen molar-refractivity contribution in [1.82, 2.24) is 4.98 Å². The lowest BCUT2D eigenvalue weighted by molar-refractivity contribution is 0.415. The molecule has 0 saturated heterocycles. The number of fused-ring (bicyclic) bond motifs is 1. The molecule has 0 aliphatic carbocycles. The van der Waals surface area contributed by atoms with Crippen molar-refractivity contribution in [3.8, 4) is 5.75 Å². The van der Waals surface area contributed by atoms with Crippen molar-refractivity contribution in [3.05, 3.63) is 53.6 Å². The normalized spacial score (nSPS) is 10.6. The largest absolute Gasteiger partial charge is 0.495 e. The first kappa shape index (κ1) is 13.5. The summed E-state index contributed by atoms with van der Waals surface area (Å²) in [5.74, 6) is 1.39. The van der Waals surface area contributed by atoms with Crippen molar-refractivity contribution >= 4 is 39.7 Å². The van der Waals surface area contributed by atoms with E-state index in [1.807, 2.05) is 42.5 Å². The smallest absolute Gasteiger partial charge is 0.137 e. The molecular weight excluding hydrogens is 286 g/mol. The third kappa shape index (κ3) is 2.85. The molecule has 0 aliphatic rings. The number of methoxy groups -OCH3 is 1. The molecular formula is C16H14ClN3O. The van der Waals surface area contributed by atoms with Gasteiger partial charge in [-0.2, -0.15) is 0 Å². The first-order chi connectivity index (χ1) is 10.2. The predicted octanol–water partition coefficient (Wildman–Crippen LogP) is 4.22. The maximum absolute atomic E-state index is 6.11. The first-order valence-electron chi connectivity index (χ1n) is 6.42. The maximum atomic E-state index is 6.11. The lowest BCUT2D eigenvalue weighted by atomic mass is 10.2. The molecule has 0 aliphatic heterocycles. The van der Waals surface area contributed by atoms with Crippen LogP contribution in [0.5, 0.6) is 5.75 Å². The molecule has 0 amide bonds. The zero-order chi connectivity index (χ0) is 14.8. The highest BCUT2D eigenvalue weighted by Gasteiger charge is 2.04. The molecule has 1 heterocycles. The maximum Gasteiger partial charge on any atom is 0.137 e. The number of hydrogen-bond acceptors (Lipinski definition) is 4. The molecule has 0 unspecified atom stereocenters. The molecule has 3 rings (SSSR count). The fraction of sp³-hybridized carbons (Fsp3) is 0.0625. The summed E-state index contributed by atoms with van der Waals surface area (Å²) in [5, 5.41) is 4.78. The van der Waals surface area contributed by atoms with Crippen molar-refractivity contribution in [2.45, 2.75) is 0 Å². The number of hydrogen-bond donors (Lipinski definition) is 2. The third-order valence-corrected chi connectivity index (χ3v) is 3.43. The minimum absolute atomic E-state index is 0.552. The average Bonchev–Trinajstić information content (AvgIpc) is 2.48. The number of benzene rings is 2. The third-order valence-electron chi connectivity index (χ3n) is 3.14. The molecule has 3 aromatic rings. The van der Waals surface area contributed by atoms with Crippen LogP contribution < -0.4 is 15.8 Å². The van der Waals surface area contributed by atoms with Crippen LogP contribution in [0.3, 0.4) is 0 Å². The Balaban J connectivity index is 1.91. The van der Waals surface area contributed by atoms with Gasteiger partial charge >= 0.3 is 0 Å². The summed E-state index contributed by atoms with van der Waals surface area (Å²) in [6, 6.07) is 15.0. The summed E-state index contributed by atoms with van der Waals surface area (Å²) >= 11 is 6.11. The SMILES string of the molecule is COc1ccc(Nc2ccc3cc(N)ccc3n2)cc1Cl. The van der Waals surface area contributed by atoms with E-state index in [4.69, 9.17) is 22.1 Å². The van der Waals surface area contributed by atoms with Gasteiger partial charge in [0.1, 0.15) is 11.6 Å². The fourth-order valence-corrected chi connectivity index (χ4v) is 2.36. The summed E-state index contributed by atoms with van der Waals surface area (Å²) < 4.78 is 5.13. The van der Waals surface area contributed by atoms with Crippen LogP contribution in [0, 0.1) is 0 Å². The van der Waals surface area contributed by atoms with Crippen LogP contribution in [0.25, 0.3) is 10.9 Å². The van der Waals surface area contributed by atoms with E-state index in [2.05, 4.69) is 10.3 Å². The van der Waals surface area contributed by atoms with E-state index in [-0.39, 0.29) is 0 Å². The van der Waals surface area contributed by atoms with Crippen molar-refractivity contribution in [1.29, 1.82) is 0 Å².